The summed E-state index contributed by atoms with van der Waals surface area (Å²) < 4.78 is 5.36. The summed E-state index contributed by atoms with van der Waals surface area (Å²) in [6.45, 7) is 3.78. The largest absolute Gasteiger partial charge is 0.377 e. The molecule has 0 saturated carbocycles. The van der Waals surface area contributed by atoms with Gasteiger partial charge in [-0.3, -0.25) is 4.79 Å². The van der Waals surface area contributed by atoms with Crippen molar-refractivity contribution >= 4 is 28.8 Å². The number of thiazole rings is 1. The third-order valence-electron chi connectivity index (χ3n) is 3.44. The predicted molar refractivity (Wildman–Crippen MR) is 83.9 cm³/mol. The molecule has 1 aromatic carbocycles. The molecule has 2 aromatic rings. The Balaban J connectivity index is 1.81. The molecule has 1 amide bonds. The highest BCUT2D eigenvalue weighted by molar-refractivity contribution is 7.13. The van der Waals surface area contributed by atoms with E-state index in [-0.39, 0.29) is 11.9 Å². The summed E-state index contributed by atoms with van der Waals surface area (Å²) >= 11 is 7.35. The molecule has 0 bridgehead atoms. The summed E-state index contributed by atoms with van der Waals surface area (Å²) in [7, 11) is 0. The highest BCUT2D eigenvalue weighted by Crippen LogP contribution is 2.26. The number of aromatic nitrogens is 1. The summed E-state index contributed by atoms with van der Waals surface area (Å²) in [6, 6.07) is 7.56. The van der Waals surface area contributed by atoms with Crippen molar-refractivity contribution in [2.24, 2.45) is 0 Å². The minimum absolute atomic E-state index is 0.0257. The minimum atomic E-state index is -0.0257. The van der Waals surface area contributed by atoms with Crippen molar-refractivity contribution < 1.29 is 9.53 Å². The van der Waals surface area contributed by atoms with E-state index in [4.69, 9.17) is 16.3 Å². The number of hydrogen-bond acceptors (Lipinski definition) is 4. The maximum absolute atomic E-state index is 12.5. The van der Waals surface area contributed by atoms with Crippen LogP contribution in [0.3, 0.4) is 0 Å². The Labute approximate surface area is 132 Å². The van der Waals surface area contributed by atoms with Gasteiger partial charge in [-0.1, -0.05) is 23.7 Å². The van der Waals surface area contributed by atoms with Crippen molar-refractivity contribution in [1.82, 2.24) is 9.88 Å². The molecule has 0 aliphatic carbocycles. The van der Waals surface area contributed by atoms with Gasteiger partial charge in [0.15, 0.2) is 0 Å². The molecule has 4 nitrogen and oxygen atoms in total. The summed E-state index contributed by atoms with van der Waals surface area (Å²) in [4.78, 5) is 18.8. The van der Waals surface area contributed by atoms with Crippen LogP contribution < -0.4 is 0 Å². The average Bonchev–Trinajstić information content (AvgIpc) is 2.98. The van der Waals surface area contributed by atoms with Gasteiger partial charge in [0.05, 0.1) is 19.3 Å². The van der Waals surface area contributed by atoms with Crippen molar-refractivity contribution in [2.45, 2.75) is 13.0 Å². The van der Waals surface area contributed by atoms with Gasteiger partial charge < -0.3 is 9.64 Å². The first-order valence-corrected chi connectivity index (χ1v) is 8.01. The lowest BCUT2D eigenvalue weighted by Gasteiger charge is -2.32. The van der Waals surface area contributed by atoms with E-state index in [0.29, 0.717) is 30.5 Å². The molecular formula is C15H15ClN2O2S. The number of rotatable bonds is 2. The Hall–Kier alpha value is -1.43. The summed E-state index contributed by atoms with van der Waals surface area (Å²) in [5.41, 5.74) is 1.47. The molecular weight excluding hydrogens is 308 g/mol. The first-order valence-electron chi connectivity index (χ1n) is 6.75. The van der Waals surface area contributed by atoms with E-state index in [1.54, 1.807) is 0 Å². The monoisotopic (exact) mass is 322 g/mol. The minimum Gasteiger partial charge on any atom is -0.377 e. The molecule has 3 rings (SSSR count). The molecule has 110 valence electrons. The molecule has 1 aromatic heterocycles. The van der Waals surface area contributed by atoms with E-state index < -0.39 is 0 Å². The van der Waals surface area contributed by atoms with Gasteiger partial charge in [-0.05, 0) is 19.1 Å². The number of halogens is 1. The number of nitrogens with zero attached hydrogens (tertiary/aromatic N) is 2. The Morgan fingerprint density at radius 3 is 2.90 bits per heavy atom. The van der Waals surface area contributed by atoms with Gasteiger partial charge in [-0.25, -0.2) is 4.98 Å². The van der Waals surface area contributed by atoms with Crippen LogP contribution in [0.2, 0.25) is 5.02 Å². The average molecular weight is 323 g/mol. The molecule has 0 unspecified atom stereocenters. The zero-order valence-corrected chi connectivity index (χ0v) is 13.2. The number of carbonyl (C=O) groups is 1. The lowest BCUT2D eigenvalue weighted by atomic mass is 10.2. The molecule has 2 heterocycles. The van der Waals surface area contributed by atoms with Crippen LogP contribution in [0.5, 0.6) is 0 Å². The number of hydrogen-bond donors (Lipinski definition) is 0. The van der Waals surface area contributed by atoms with Gasteiger partial charge in [0.2, 0.25) is 0 Å². The lowest BCUT2D eigenvalue weighted by molar-refractivity contribution is 0.00332. The normalized spacial score (nSPS) is 18.8. The Morgan fingerprint density at radius 2 is 2.19 bits per heavy atom. The van der Waals surface area contributed by atoms with Crippen LogP contribution in [-0.2, 0) is 4.74 Å². The standard InChI is InChI=1S/C15H15ClN2O2S/c1-10-8-20-7-6-18(10)15(19)13-9-21-14(17-13)11-2-4-12(16)5-3-11/h2-5,9-10H,6-8H2,1H3/t10-/m0/s1. The van der Waals surface area contributed by atoms with Crippen molar-refractivity contribution in [3.05, 3.63) is 40.4 Å². The van der Waals surface area contributed by atoms with Crippen LogP contribution >= 0.6 is 22.9 Å². The Bertz CT molecular complexity index is 641. The van der Waals surface area contributed by atoms with Crippen molar-refractivity contribution in [2.75, 3.05) is 19.8 Å². The van der Waals surface area contributed by atoms with Gasteiger partial charge in [-0.2, -0.15) is 0 Å². The molecule has 0 radical (unpaired) electrons. The quantitative estimate of drug-likeness (QED) is 0.851. The summed E-state index contributed by atoms with van der Waals surface area (Å²) in [6.07, 6.45) is 0. The SMILES string of the molecule is C[C@H]1COCCN1C(=O)c1csc(-c2ccc(Cl)cc2)n1. The molecule has 1 aliphatic rings. The number of ether oxygens (including phenoxy) is 1. The van der Waals surface area contributed by atoms with Crippen LogP contribution in [0.25, 0.3) is 10.6 Å². The van der Waals surface area contributed by atoms with Gasteiger partial charge in [0.1, 0.15) is 10.7 Å². The predicted octanol–water partition coefficient (Wildman–Crippen LogP) is 3.32. The topological polar surface area (TPSA) is 42.4 Å². The second kappa shape index (κ2) is 6.13. The molecule has 1 saturated heterocycles. The zero-order valence-electron chi connectivity index (χ0n) is 11.6. The number of benzene rings is 1. The van der Waals surface area contributed by atoms with Crippen LogP contribution in [-0.4, -0.2) is 41.6 Å². The van der Waals surface area contributed by atoms with E-state index in [0.717, 1.165) is 10.6 Å². The maximum atomic E-state index is 12.5. The van der Waals surface area contributed by atoms with Crippen LogP contribution in [0.4, 0.5) is 0 Å². The second-order valence-electron chi connectivity index (χ2n) is 4.97. The van der Waals surface area contributed by atoms with Crippen LogP contribution in [0.15, 0.2) is 29.6 Å². The van der Waals surface area contributed by atoms with E-state index in [2.05, 4.69) is 4.98 Å². The first kappa shape index (κ1) is 14.5. The summed E-state index contributed by atoms with van der Waals surface area (Å²) in [5, 5.41) is 3.33. The smallest absolute Gasteiger partial charge is 0.273 e. The third-order valence-corrected chi connectivity index (χ3v) is 4.59. The molecule has 21 heavy (non-hydrogen) atoms. The maximum Gasteiger partial charge on any atom is 0.273 e. The summed E-state index contributed by atoms with van der Waals surface area (Å²) in [5.74, 6) is -0.0257. The fourth-order valence-corrected chi connectivity index (χ4v) is 3.20. The van der Waals surface area contributed by atoms with Crippen molar-refractivity contribution in [3.63, 3.8) is 0 Å². The number of amides is 1. The van der Waals surface area contributed by atoms with Crippen LogP contribution in [0.1, 0.15) is 17.4 Å². The Kier molecular flexibility index (Phi) is 4.24. The molecule has 0 N–H and O–H groups in total. The number of carbonyl (C=O) groups excluding carboxylic acids is 1. The fraction of sp³-hybridized carbons (Fsp3) is 0.333. The van der Waals surface area contributed by atoms with Crippen molar-refractivity contribution in [3.8, 4) is 10.6 Å². The zero-order chi connectivity index (χ0) is 14.8. The van der Waals surface area contributed by atoms with E-state index in [1.807, 2.05) is 41.5 Å². The van der Waals surface area contributed by atoms with Crippen molar-refractivity contribution in [1.29, 1.82) is 0 Å². The van der Waals surface area contributed by atoms with Gasteiger partial charge >= 0.3 is 0 Å². The second-order valence-corrected chi connectivity index (χ2v) is 6.26. The highest BCUT2D eigenvalue weighted by Gasteiger charge is 2.26. The van der Waals surface area contributed by atoms with Gasteiger partial charge in [0, 0.05) is 22.5 Å². The van der Waals surface area contributed by atoms with Gasteiger partial charge in [0.25, 0.3) is 5.91 Å². The fourth-order valence-electron chi connectivity index (χ4n) is 2.27. The highest BCUT2D eigenvalue weighted by atomic mass is 35.5. The first-order chi connectivity index (χ1) is 10.1. The van der Waals surface area contributed by atoms with Crippen LogP contribution in [0, 0.1) is 0 Å². The van der Waals surface area contributed by atoms with E-state index in [9.17, 15) is 4.79 Å². The molecule has 1 atom stereocenters. The van der Waals surface area contributed by atoms with E-state index >= 15 is 0 Å². The molecule has 1 aliphatic heterocycles. The third kappa shape index (κ3) is 3.10. The molecule has 6 heteroatoms. The Morgan fingerprint density at radius 1 is 1.43 bits per heavy atom. The lowest BCUT2D eigenvalue weighted by Crippen LogP contribution is -2.47. The van der Waals surface area contributed by atoms with Gasteiger partial charge in [-0.15, -0.1) is 11.3 Å². The van der Waals surface area contributed by atoms with E-state index in [1.165, 1.54) is 11.3 Å². The molecule has 0 spiro atoms. The molecule has 1 fully saturated rings. The number of morpholine rings is 1.